The molecule has 0 N–H and O–H groups in total. The molecule has 6 heteroatoms. The summed E-state index contributed by atoms with van der Waals surface area (Å²) in [6.45, 7) is 0. The number of hydrogen-bond donors (Lipinski definition) is 0. The van der Waals surface area contributed by atoms with Gasteiger partial charge in [-0.15, -0.1) is 0 Å². The van der Waals surface area contributed by atoms with Crippen LogP contribution in [0.25, 0.3) is 0 Å². The summed E-state index contributed by atoms with van der Waals surface area (Å²) in [5.74, 6) is -0.234. The van der Waals surface area contributed by atoms with Gasteiger partial charge in [-0.25, -0.2) is 0 Å². The highest BCUT2D eigenvalue weighted by Crippen LogP contribution is 2.16. The van der Waals surface area contributed by atoms with Crippen LogP contribution >= 0.6 is 0 Å². The summed E-state index contributed by atoms with van der Waals surface area (Å²) in [4.78, 5) is 13.3. The van der Waals surface area contributed by atoms with Gasteiger partial charge in [-0.1, -0.05) is 0 Å². The third-order valence-electron chi connectivity index (χ3n) is 1.17. The van der Waals surface area contributed by atoms with Crippen molar-refractivity contribution in [2.24, 2.45) is 7.02 Å². The highest BCUT2D eigenvalue weighted by atomic mass is 16.6. The van der Waals surface area contributed by atoms with Gasteiger partial charge in [0.1, 0.15) is 6.20 Å². The third kappa shape index (κ3) is 1.14. The molecule has 0 aliphatic heterocycles. The Labute approximate surface area is 64.0 Å². The highest BCUT2D eigenvalue weighted by Gasteiger charge is 2.15. The Balaban J connectivity index is 3.13. The van der Waals surface area contributed by atoms with Crippen molar-refractivity contribution >= 4 is 5.82 Å². The Morgan fingerprint density at radius 2 is 2.73 bits per heavy atom. The van der Waals surface area contributed by atoms with Crippen molar-refractivity contribution in [3.8, 4) is 6.01 Å². The quantitative estimate of drug-likeness (QED) is 0.459. The number of methoxy groups -OCH3 is 1. The molecule has 0 bridgehead atoms. The summed E-state index contributed by atoms with van der Waals surface area (Å²) >= 11 is 0. The number of ether oxygens (including phenoxy) is 1. The number of nitrogens with zero attached hydrogens (tertiary/aromatic N) is 3. The first-order valence-electron chi connectivity index (χ1n) is 3.44. The molecule has 6 nitrogen and oxygen atoms in total. The van der Waals surface area contributed by atoms with Gasteiger partial charge in [-0.3, -0.25) is 0 Å². The fraction of sp³-hybridized carbons (Fsp3) is 0.400. The molecular formula is C5H7N3O3. The zero-order valence-electron chi connectivity index (χ0n) is 6.85. The molecule has 0 aliphatic rings. The van der Waals surface area contributed by atoms with Crippen molar-refractivity contribution in [1.29, 1.82) is 0 Å². The molecule has 1 aromatic rings. The minimum atomic E-state index is -0.607. The summed E-state index contributed by atoms with van der Waals surface area (Å²) in [5, 5.41) is 10.3. The molecule has 0 unspecified atom stereocenters. The number of nitro groups is 1. The molecule has 0 saturated heterocycles. The molecular weight excluding hydrogens is 150 g/mol. The summed E-state index contributed by atoms with van der Waals surface area (Å²) in [6.07, 6.45) is 1.06. The smallest absolute Gasteiger partial charge is 0.390 e. The van der Waals surface area contributed by atoms with E-state index >= 15 is 0 Å². The van der Waals surface area contributed by atoms with E-state index in [-0.39, 0.29) is 18.9 Å². The predicted molar refractivity (Wildman–Crippen MR) is 36.4 cm³/mol. The van der Waals surface area contributed by atoms with Crippen molar-refractivity contribution in [3.05, 3.63) is 16.3 Å². The van der Waals surface area contributed by atoms with Crippen LogP contribution in [0, 0.1) is 10.1 Å². The lowest BCUT2D eigenvalue weighted by Crippen LogP contribution is -1.99. The van der Waals surface area contributed by atoms with E-state index in [4.69, 9.17) is 6.11 Å². The molecule has 0 amide bonds. The lowest BCUT2D eigenvalue weighted by molar-refractivity contribution is -0.391. The molecule has 0 radical (unpaired) electrons. The number of aromatic nitrogens is 2. The standard InChI is InChI=1S/C5H7N3O3/c1-7-4(8(9)10)3-6-5(7)11-2/h3H,1-2H3/i1D. The second-order valence-corrected chi connectivity index (χ2v) is 1.79. The lowest BCUT2D eigenvalue weighted by atomic mass is 10.8. The molecule has 1 rings (SSSR count). The van der Waals surface area contributed by atoms with Gasteiger partial charge in [0.25, 0.3) is 0 Å². The minimum Gasteiger partial charge on any atom is -0.451 e. The normalized spacial score (nSPS) is 10.8. The van der Waals surface area contributed by atoms with Crippen LogP contribution in [0.1, 0.15) is 1.37 Å². The van der Waals surface area contributed by atoms with Crippen LogP contribution < -0.4 is 4.74 Å². The zero-order valence-corrected chi connectivity index (χ0v) is 5.85. The van der Waals surface area contributed by atoms with E-state index in [1.807, 2.05) is 0 Å². The Kier molecular flexibility index (Phi) is 1.43. The van der Waals surface area contributed by atoms with Crippen LogP contribution in [0.15, 0.2) is 6.20 Å². The summed E-state index contributed by atoms with van der Waals surface area (Å²) < 4.78 is 12.7. The monoisotopic (exact) mass is 158 g/mol. The third-order valence-corrected chi connectivity index (χ3v) is 1.17. The highest BCUT2D eigenvalue weighted by molar-refractivity contribution is 5.21. The zero-order chi connectivity index (χ0) is 9.14. The van der Waals surface area contributed by atoms with E-state index in [1.165, 1.54) is 7.11 Å². The maximum Gasteiger partial charge on any atom is 0.390 e. The largest absolute Gasteiger partial charge is 0.451 e. The van der Waals surface area contributed by atoms with Crippen molar-refractivity contribution in [2.75, 3.05) is 7.11 Å². The van der Waals surface area contributed by atoms with Crippen LogP contribution in [0.4, 0.5) is 5.82 Å². The molecule has 0 saturated carbocycles. The minimum absolute atomic E-state index is 0.0803. The average molecular weight is 158 g/mol. The molecule has 0 fully saturated rings. The first kappa shape index (κ1) is 6.14. The second kappa shape index (κ2) is 2.57. The van der Waals surface area contributed by atoms with E-state index in [2.05, 4.69) is 4.98 Å². The molecule has 1 aromatic heterocycles. The predicted octanol–water partition coefficient (Wildman–Crippen LogP) is 0.337. The SMILES string of the molecule is [2H]Cn1c([N+](=O)[O-])cnc1OC. The van der Waals surface area contributed by atoms with E-state index in [0.717, 1.165) is 10.8 Å². The topological polar surface area (TPSA) is 70.2 Å². The Bertz CT molecular complexity index is 298. The van der Waals surface area contributed by atoms with Gasteiger partial charge in [0.05, 0.1) is 15.5 Å². The number of hydrogen-bond acceptors (Lipinski definition) is 4. The van der Waals surface area contributed by atoms with Crippen molar-refractivity contribution in [1.82, 2.24) is 9.55 Å². The van der Waals surface area contributed by atoms with Crippen LogP contribution in [-0.2, 0) is 7.02 Å². The van der Waals surface area contributed by atoms with E-state index in [9.17, 15) is 10.1 Å². The van der Waals surface area contributed by atoms with Crippen LogP contribution in [0.5, 0.6) is 6.01 Å². The Morgan fingerprint density at radius 3 is 3.18 bits per heavy atom. The number of rotatable bonds is 2. The Morgan fingerprint density at radius 1 is 2.00 bits per heavy atom. The molecule has 11 heavy (non-hydrogen) atoms. The van der Waals surface area contributed by atoms with Crippen LogP contribution in [0.2, 0.25) is 0 Å². The summed E-state index contributed by atoms with van der Waals surface area (Å²) in [5.41, 5.74) is 0. The van der Waals surface area contributed by atoms with Crippen LogP contribution in [0.3, 0.4) is 0 Å². The van der Waals surface area contributed by atoms with Gasteiger partial charge in [0.15, 0.2) is 0 Å². The number of imidazole rings is 1. The summed E-state index contributed by atoms with van der Waals surface area (Å²) in [7, 11) is 1.07. The van der Waals surface area contributed by atoms with Gasteiger partial charge < -0.3 is 14.9 Å². The maximum absolute atomic E-state index is 10.3. The van der Waals surface area contributed by atoms with Crippen molar-refractivity contribution in [2.45, 2.75) is 0 Å². The van der Waals surface area contributed by atoms with Crippen molar-refractivity contribution in [3.63, 3.8) is 0 Å². The molecule has 0 spiro atoms. The van der Waals surface area contributed by atoms with E-state index in [0.29, 0.717) is 0 Å². The van der Waals surface area contributed by atoms with Gasteiger partial charge in [0.2, 0.25) is 0 Å². The fourth-order valence-electron chi connectivity index (χ4n) is 0.659. The molecule has 60 valence electrons. The van der Waals surface area contributed by atoms with Crippen molar-refractivity contribution < 1.29 is 11.0 Å². The summed E-state index contributed by atoms with van der Waals surface area (Å²) in [6, 6.07) is 0.0803. The lowest BCUT2D eigenvalue weighted by Gasteiger charge is -1.94. The van der Waals surface area contributed by atoms with Gasteiger partial charge in [0, 0.05) is 0 Å². The van der Waals surface area contributed by atoms with E-state index < -0.39 is 4.92 Å². The first-order chi connectivity index (χ1) is 5.70. The first-order valence-corrected chi connectivity index (χ1v) is 2.74. The van der Waals surface area contributed by atoms with Crippen LogP contribution in [-0.4, -0.2) is 21.6 Å². The average Bonchev–Trinajstić information content (AvgIpc) is 2.46. The van der Waals surface area contributed by atoms with Gasteiger partial charge in [-0.05, 0) is 4.92 Å². The molecule has 1 heterocycles. The fourth-order valence-corrected chi connectivity index (χ4v) is 0.659. The molecule has 0 aliphatic carbocycles. The second-order valence-electron chi connectivity index (χ2n) is 1.79. The molecule has 0 atom stereocenters. The van der Waals surface area contributed by atoms with E-state index in [1.54, 1.807) is 0 Å². The van der Waals surface area contributed by atoms with Gasteiger partial charge in [-0.2, -0.15) is 9.55 Å². The maximum atomic E-state index is 10.3. The molecule has 0 aromatic carbocycles. The van der Waals surface area contributed by atoms with Gasteiger partial charge >= 0.3 is 11.8 Å². The Hall–Kier alpha value is -1.59.